The van der Waals surface area contributed by atoms with Crippen LogP contribution in [0.3, 0.4) is 0 Å². The molecular formula is C44H32N4O4. The van der Waals surface area contributed by atoms with E-state index in [4.69, 9.17) is 9.98 Å². The molecule has 5 heterocycles. The van der Waals surface area contributed by atoms with Crippen LogP contribution in [0.4, 0.5) is 0 Å². The van der Waals surface area contributed by atoms with Crippen molar-refractivity contribution in [3.63, 3.8) is 0 Å². The molecule has 4 aromatic carbocycles. The van der Waals surface area contributed by atoms with E-state index in [9.17, 15) is 20.4 Å². The minimum Gasteiger partial charge on any atom is -0.508 e. The number of H-pyrrole nitrogens is 1. The van der Waals surface area contributed by atoms with Gasteiger partial charge < -0.3 is 30.7 Å². The summed E-state index contributed by atoms with van der Waals surface area (Å²) in [6, 6.07) is 32.1. The third-order valence-electron chi connectivity index (χ3n) is 9.88. The van der Waals surface area contributed by atoms with Gasteiger partial charge in [-0.05, 0) is 119 Å². The number of aromatic hydroxyl groups is 4. The zero-order chi connectivity index (χ0) is 35.4. The topological polar surface area (TPSA) is 133 Å². The van der Waals surface area contributed by atoms with Crippen LogP contribution in [0.2, 0.25) is 0 Å². The number of fused-ring (bicyclic) bond motifs is 6. The lowest BCUT2D eigenvalue weighted by Gasteiger charge is -2.40. The second-order valence-electron chi connectivity index (χ2n) is 13.1. The Morgan fingerprint density at radius 1 is 0.538 bits per heavy atom. The maximum atomic E-state index is 10.9. The van der Waals surface area contributed by atoms with Crippen molar-refractivity contribution in [2.75, 3.05) is 0 Å². The molecule has 0 amide bonds. The van der Waals surface area contributed by atoms with Gasteiger partial charge in [-0.15, -0.1) is 0 Å². The predicted octanol–water partition coefficient (Wildman–Crippen LogP) is 7.79. The first-order valence-corrected chi connectivity index (χ1v) is 16.9. The van der Waals surface area contributed by atoms with Crippen LogP contribution < -0.4 is 5.32 Å². The summed E-state index contributed by atoms with van der Waals surface area (Å²) in [6.45, 7) is 0. The van der Waals surface area contributed by atoms with Crippen molar-refractivity contribution in [1.82, 2.24) is 10.3 Å². The molecule has 1 atom stereocenters. The van der Waals surface area contributed by atoms with Gasteiger partial charge in [0.15, 0.2) is 0 Å². The Bertz CT molecular complexity index is 2510. The van der Waals surface area contributed by atoms with E-state index in [0.717, 1.165) is 61.9 Å². The van der Waals surface area contributed by atoms with Crippen molar-refractivity contribution < 1.29 is 20.4 Å². The van der Waals surface area contributed by atoms with E-state index in [1.54, 1.807) is 54.6 Å². The summed E-state index contributed by atoms with van der Waals surface area (Å²) < 4.78 is 0. The van der Waals surface area contributed by atoms with Crippen molar-refractivity contribution in [2.45, 2.75) is 11.5 Å². The van der Waals surface area contributed by atoms with Crippen LogP contribution in [0.5, 0.6) is 23.0 Å². The van der Waals surface area contributed by atoms with Gasteiger partial charge in [-0.2, -0.15) is 0 Å². The number of aromatic amines is 1. The van der Waals surface area contributed by atoms with Crippen molar-refractivity contribution in [3.8, 4) is 23.0 Å². The zero-order valence-electron chi connectivity index (χ0n) is 27.7. The van der Waals surface area contributed by atoms with E-state index >= 15 is 0 Å². The summed E-state index contributed by atoms with van der Waals surface area (Å²) >= 11 is 0. The number of rotatable bonds is 4. The van der Waals surface area contributed by atoms with Crippen molar-refractivity contribution in [1.29, 1.82) is 0 Å². The van der Waals surface area contributed by atoms with Crippen LogP contribution in [0, 0.1) is 0 Å². The second-order valence-corrected chi connectivity index (χ2v) is 13.1. The Labute approximate surface area is 299 Å². The van der Waals surface area contributed by atoms with E-state index < -0.39 is 11.5 Å². The summed E-state index contributed by atoms with van der Waals surface area (Å²) in [4.78, 5) is 14.1. The molecule has 0 saturated carbocycles. The van der Waals surface area contributed by atoms with Crippen LogP contribution >= 0.6 is 0 Å². The highest BCUT2D eigenvalue weighted by Gasteiger charge is 2.48. The highest BCUT2D eigenvalue weighted by Crippen LogP contribution is 2.45. The average Bonchev–Trinajstić information content (AvgIpc) is 3.96. The molecule has 1 aromatic heterocycles. The molecule has 0 fully saturated rings. The first kappa shape index (κ1) is 31.0. The Kier molecular flexibility index (Phi) is 7.18. The minimum atomic E-state index is -1.04. The largest absolute Gasteiger partial charge is 0.508 e. The third-order valence-corrected chi connectivity index (χ3v) is 9.88. The summed E-state index contributed by atoms with van der Waals surface area (Å²) in [6.07, 6.45) is 14.0. The third kappa shape index (κ3) is 5.16. The Hall–Kier alpha value is -7.06. The number of nitrogens with one attached hydrogen (secondary N) is 2. The van der Waals surface area contributed by atoms with Gasteiger partial charge in [0.2, 0.25) is 0 Å². The smallest absolute Gasteiger partial charge is 0.116 e. The lowest BCUT2D eigenvalue weighted by Crippen LogP contribution is -2.51. The number of hydrogen-bond acceptors (Lipinski definition) is 7. The number of benzene rings is 4. The van der Waals surface area contributed by atoms with Gasteiger partial charge in [0.25, 0.3) is 0 Å². The highest BCUT2D eigenvalue weighted by molar-refractivity contribution is 6.12. The molecule has 8 bridgehead atoms. The summed E-state index contributed by atoms with van der Waals surface area (Å²) in [5.74, 6) is 0.468. The first-order valence-electron chi connectivity index (χ1n) is 16.9. The van der Waals surface area contributed by atoms with Crippen LogP contribution in [0.15, 0.2) is 179 Å². The van der Waals surface area contributed by atoms with Gasteiger partial charge in [-0.1, -0.05) is 54.6 Å². The van der Waals surface area contributed by atoms with Gasteiger partial charge in [0.1, 0.15) is 23.0 Å². The van der Waals surface area contributed by atoms with Gasteiger partial charge in [-0.3, -0.25) is 4.99 Å². The molecule has 9 rings (SSSR count). The molecule has 0 aliphatic carbocycles. The quantitative estimate of drug-likeness (QED) is 0.115. The van der Waals surface area contributed by atoms with E-state index in [0.29, 0.717) is 11.4 Å². The lowest BCUT2D eigenvalue weighted by atomic mass is 9.65. The molecule has 4 aliphatic heterocycles. The van der Waals surface area contributed by atoms with Crippen molar-refractivity contribution in [2.24, 2.45) is 9.98 Å². The highest BCUT2D eigenvalue weighted by atomic mass is 16.3. The maximum Gasteiger partial charge on any atom is 0.116 e. The molecule has 0 radical (unpaired) electrons. The molecular weight excluding hydrogens is 649 g/mol. The fourth-order valence-electron chi connectivity index (χ4n) is 7.67. The number of hydrogen-bond donors (Lipinski definition) is 6. The van der Waals surface area contributed by atoms with Crippen LogP contribution in [0.25, 0.3) is 11.1 Å². The number of phenolic OH excluding ortho intramolecular Hbond substituents is 4. The number of aromatic nitrogens is 1. The Morgan fingerprint density at radius 2 is 1.08 bits per heavy atom. The minimum absolute atomic E-state index is 0.104. The maximum absolute atomic E-state index is 10.9. The molecule has 8 heteroatoms. The second kappa shape index (κ2) is 12.1. The molecule has 1 unspecified atom stereocenters. The monoisotopic (exact) mass is 680 g/mol. The molecule has 52 heavy (non-hydrogen) atoms. The van der Waals surface area contributed by atoms with Gasteiger partial charge >= 0.3 is 0 Å². The predicted molar refractivity (Wildman–Crippen MR) is 203 cm³/mol. The fraction of sp³-hybridized carbons (Fsp3) is 0.0455. The zero-order valence-corrected chi connectivity index (χ0v) is 27.7. The molecule has 0 spiro atoms. The molecule has 4 aliphatic rings. The number of aliphatic imine (C=N–C) groups is 2. The van der Waals surface area contributed by atoms with Crippen LogP contribution in [-0.4, -0.2) is 42.9 Å². The normalized spacial score (nSPS) is 18.4. The fourth-order valence-corrected chi connectivity index (χ4v) is 7.67. The molecule has 8 nitrogen and oxygen atoms in total. The molecule has 5 aromatic rings. The SMILES string of the molecule is Oc1cccc(C2=C3C=CC(=N3)C=C3C=CC(N3)C(c3cccc(O)c3)(c3cccc(O)c3)C3=NC(=C(c4cccc(O)c4)c4ccc2[nH]4)C=C3)c1. The number of nitrogens with zero attached hydrogens (tertiary/aromatic N) is 2. The van der Waals surface area contributed by atoms with Gasteiger partial charge in [0.05, 0.1) is 34.3 Å². The van der Waals surface area contributed by atoms with Gasteiger partial charge in [-0.25, -0.2) is 4.99 Å². The van der Waals surface area contributed by atoms with Crippen LogP contribution in [0.1, 0.15) is 33.6 Å². The Balaban J connectivity index is 1.37. The van der Waals surface area contributed by atoms with Crippen molar-refractivity contribution >= 4 is 22.6 Å². The number of allylic oxidation sites excluding steroid dienone is 6. The van der Waals surface area contributed by atoms with E-state index in [-0.39, 0.29) is 23.0 Å². The number of phenols is 4. The summed E-state index contributed by atoms with van der Waals surface area (Å²) in [5.41, 5.74) is 8.75. The first-order chi connectivity index (χ1) is 25.3. The van der Waals surface area contributed by atoms with E-state index in [1.807, 2.05) is 91.1 Å². The summed E-state index contributed by atoms with van der Waals surface area (Å²) in [7, 11) is 0. The average molecular weight is 681 g/mol. The molecule has 0 saturated heterocycles. The Morgan fingerprint density at radius 3 is 1.65 bits per heavy atom. The van der Waals surface area contributed by atoms with Crippen LogP contribution in [-0.2, 0) is 5.41 Å². The van der Waals surface area contributed by atoms with E-state index in [2.05, 4.69) is 16.4 Å². The lowest BCUT2D eigenvalue weighted by molar-refractivity contribution is 0.467. The van der Waals surface area contributed by atoms with E-state index in [1.165, 1.54) is 0 Å². The summed E-state index contributed by atoms with van der Waals surface area (Å²) in [5, 5.41) is 46.6. The van der Waals surface area contributed by atoms with Gasteiger partial charge in [0, 0.05) is 28.2 Å². The molecule has 252 valence electrons. The van der Waals surface area contributed by atoms with Crippen molar-refractivity contribution in [3.05, 3.63) is 202 Å². The molecule has 6 N–H and O–H groups in total. The standard InChI is InChI=1S/C44H32N4O4/c49-32-9-1-5-26(21-32)42-36-15-13-30(45-36)25-31-14-19-40(46-31)44(28-7-3-11-34(51)23-28,29-8-4-12-35(52)24-29)41-20-18-39(48-41)43(38-17-16-37(42)47-38)27-6-2-10-33(50)22-27/h1-25,40,46-47,49-52H.